The summed E-state index contributed by atoms with van der Waals surface area (Å²) >= 11 is 0. The van der Waals surface area contributed by atoms with E-state index in [-0.39, 0.29) is 5.82 Å². The molecule has 1 N–H and O–H groups in total. The second-order valence-electron chi connectivity index (χ2n) is 4.96. The third kappa shape index (κ3) is 3.61. The van der Waals surface area contributed by atoms with Gasteiger partial charge in [-0.15, -0.1) is 0 Å². The molecule has 2 rings (SSSR count). The first-order valence-electron chi connectivity index (χ1n) is 6.84. The highest BCUT2D eigenvalue weighted by Crippen LogP contribution is 2.21. The van der Waals surface area contributed by atoms with E-state index in [1.807, 2.05) is 37.9 Å². The second kappa shape index (κ2) is 6.57. The van der Waals surface area contributed by atoms with Gasteiger partial charge in [-0.3, -0.25) is 0 Å². The zero-order valence-corrected chi connectivity index (χ0v) is 12.2. The number of aryl methyl sites for hydroxylation is 1. The highest BCUT2D eigenvalue weighted by Gasteiger charge is 2.09. The molecule has 0 saturated heterocycles. The summed E-state index contributed by atoms with van der Waals surface area (Å²) in [5.74, 6) is 0.701. The first kappa shape index (κ1) is 14.6. The van der Waals surface area contributed by atoms with E-state index in [9.17, 15) is 4.39 Å². The van der Waals surface area contributed by atoms with E-state index in [0.29, 0.717) is 13.1 Å². The Balaban J connectivity index is 2.14. The summed E-state index contributed by atoms with van der Waals surface area (Å²) in [4.78, 5) is 2.02. The lowest BCUT2D eigenvalue weighted by Gasteiger charge is -2.20. The lowest BCUT2D eigenvalue weighted by molar-refractivity contribution is 0.529. The van der Waals surface area contributed by atoms with Crippen LogP contribution in [0.3, 0.4) is 0 Å². The Morgan fingerprint density at radius 1 is 1.30 bits per heavy atom. The monoisotopic (exact) mass is 276 g/mol. The number of rotatable bonds is 6. The third-order valence-electron chi connectivity index (χ3n) is 3.34. The first-order chi connectivity index (χ1) is 9.60. The molecule has 1 heterocycles. The fraction of sp³-hybridized carbons (Fsp3) is 0.375. The van der Waals surface area contributed by atoms with Gasteiger partial charge in [0.15, 0.2) is 0 Å². The summed E-state index contributed by atoms with van der Waals surface area (Å²) in [6.07, 6.45) is 1.68. The van der Waals surface area contributed by atoms with Gasteiger partial charge < -0.3 is 14.6 Å². The van der Waals surface area contributed by atoms with Gasteiger partial charge in [0.1, 0.15) is 11.6 Å². The van der Waals surface area contributed by atoms with Gasteiger partial charge in [-0.2, -0.15) is 0 Å². The van der Waals surface area contributed by atoms with Gasteiger partial charge in [-0.05, 0) is 43.3 Å². The van der Waals surface area contributed by atoms with E-state index in [2.05, 4.69) is 5.32 Å². The molecule has 3 nitrogen and oxygen atoms in total. The van der Waals surface area contributed by atoms with Crippen LogP contribution in [0.15, 0.2) is 34.9 Å². The molecule has 0 aliphatic carbocycles. The van der Waals surface area contributed by atoms with Crippen LogP contribution in [-0.4, -0.2) is 13.6 Å². The molecule has 1 aromatic heterocycles. The van der Waals surface area contributed by atoms with Crippen molar-refractivity contribution in [1.82, 2.24) is 5.32 Å². The number of hydrogen-bond acceptors (Lipinski definition) is 3. The minimum atomic E-state index is -0.203. The van der Waals surface area contributed by atoms with Crippen LogP contribution in [0, 0.1) is 12.7 Å². The topological polar surface area (TPSA) is 28.4 Å². The Labute approximate surface area is 119 Å². The van der Waals surface area contributed by atoms with E-state index in [0.717, 1.165) is 29.1 Å². The number of hydrogen-bond donors (Lipinski definition) is 1. The van der Waals surface area contributed by atoms with Gasteiger partial charge in [0.25, 0.3) is 0 Å². The van der Waals surface area contributed by atoms with E-state index in [1.165, 1.54) is 0 Å². The van der Waals surface area contributed by atoms with Crippen LogP contribution >= 0.6 is 0 Å². The quantitative estimate of drug-likeness (QED) is 0.875. The van der Waals surface area contributed by atoms with E-state index < -0.39 is 0 Å². The fourth-order valence-corrected chi connectivity index (χ4v) is 2.15. The van der Waals surface area contributed by atoms with Crippen molar-refractivity contribution in [2.45, 2.75) is 26.9 Å². The summed E-state index contributed by atoms with van der Waals surface area (Å²) in [5, 5.41) is 3.21. The smallest absolute Gasteiger partial charge is 0.125 e. The van der Waals surface area contributed by atoms with Gasteiger partial charge >= 0.3 is 0 Å². The van der Waals surface area contributed by atoms with Crippen LogP contribution in [0.4, 0.5) is 10.1 Å². The maximum Gasteiger partial charge on any atom is 0.125 e. The van der Waals surface area contributed by atoms with Crippen molar-refractivity contribution in [2.75, 3.05) is 18.5 Å². The van der Waals surface area contributed by atoms with Gasteiger partial charge in [0.05, 0.1) is 6.26 Å². The van der Waals surface area contributed by atoms with Crippen molar-refractivity contribution in [1.29, 1.82) is 0 Å². The van der Waals surface area contributed by atoms with E-state index >= 15 is 0 Å². The van der Waals surface area contributed by atoms with E-state index in [4.69, 9.17) is 4.42 Å². The molecule has 0 aliphatic rings. The number of nitrogens with one attached hydrogen (secondary N) is 1. The molecule has 0 spiro atoms. The summed E-state index contributed by atoms with van der Waals surface area (Å²) in [7, 11) is 1.96. The highest BCUT2D eigenvalue weighted by atomic mass is 19.1. The average molecular weight is 276 g/mol. The molecule has 0 amide bonds. The maximum atomic E-state index is 13.7. The summed E-state index contributed by atoms with van der Waals surface area (Å²) in [6.45, 7) is 6.22. The maximum absolute atomic E-state index is 13.7. The first-order valence-corrected chi connectivity index (χ1v) is 6.84. The fourth-order valence-electron chi connectivity index (χ4n) is 2.15. The Morgan fingerprint density at radius 3 is 2.75 bits per heavy atom. The number of benzene rings is 1. The molecule has 108 valence electrons. The van der Waals surface area contributed by atoms with Crippen molar-refractivity contribution >= 4 is 5.69 Å². The zero-order chi connectivity index (χ0) is 14.5. The van der Waals surface area contributed by atoms with Crippen LogP contribution in [0.25, 0.3) is 0 Å². The van der Waals surface area contributed by atoms with E-state index in [1.54, 1.807) is 18.4 Å². The summed E-state index contributed by atoms with van der Waals surface area (Å²) in [6, 6.07) is 7.10. The highest BCUT2D eigenvalue weighted by molar-refractivity contribution is 5.49. The SMILES string of the molecule is CCNCc1cc(F)cc(N(C)Cc2ccoc2C)c1. The Kier molecular flexibility index (Phi) is 4.79. The Bertz CT molecular complexity index is 565. The van der Waals surface area contributed by atoms with Gasteiger partial charge in [-0.25, -0.2) is 4.39 Å². The molecule has 0 fully saturated rings. The molecular formula is C16H21FN2O. The molecule has 20 heavy (non-hydrogen) atoms. The molecule has 0 aliphatic heterocycles. The molecule has 2 aromatic rings. The number of anilines is 1. The molecule has 0 bridgehead atoms. The molecule has 0 unspecified atom stereocenters. The Hall–Kier alpha value is -1.81. The molecule has 1 aromatic carbocycles. The second-order valence-corrected chi connectivity index (χ2v) is 4.96. The van der Waals surface area contributed by atoms with Crippen LogP contribution in [0.1, 0.15) is 23.8 Å². The molecule has 4 heteroatoms. The predicted octanol–water partition coefficient (Wildman–Crippen LogP) is 3.47. The lowest BCUT2D eigenvalue weighted by atomic mass is 10.1. The van der Waals surface area contributed by atoms with Crippen LogP contribution in [-0.2, 0) is 13.1 Å². The van der Waals surface area contributed by atoms with Crippen molar-refractivity contribution in [3.05, 3.63) is 53.2 Å². The number of nitrogens with zero attached hydrogens (tertiary/aromatic N) is 1. The molecule has 0 saturated carbocycles. The number of halogens is 1. The van der Waals surface area contributed by atoms with Crippen LogP contribution < -0.4 is 10.2 Å². The van der Waals surface area contributed by atoms with Crippen molar-refractivity contribution in [2.24, 2.45) is 0 Å². The van der Waals surface area contributed by atoms with Gasteiger partial charge in [0.2, 0.25) is 0 Å². The summed E-state index contributed by atoms with van der Waals surface area (Å²) in [5.41, 5.74) is 2.95. The normalized spacial score (nSPS) is 10.8. The van der Waals surface area contributed by atoms with Gasteiger partial charge in [-0.1, -0.05) is 6.92 Å². The van der Waals surface area contributed by atoms with Crippen LogP contribution in [0.2, 0.25) is 0 Å². The molecular weight excluding hydrogens is 255 g/mol. The molecule has 0 atom stereocenters. The lowest BCUT2D eigenvalue weighted by Crippen LogP contribution is -2.18. The van der Waals surface area contributed by atoms with Crippen molar-refractivity contribution in [3.8, 4) is 0 Å². The predicted molar refractivity (Wildman–Crippen MR) is 79.3 cm³/mol. The summed E-state index contributed by atoms with van der Waals surface area (Å²) < 4.78 is 19.0. The zero-order valence-electron chi connectivity index (χ0n) is 12.2. The standard InChI is InChI=1S/C16H21FN2O/c1-4-18-10-13-7-15(17)9-16(8-13)19(3)11-14-5-6-20-12(14)2/h5-9,18H,4,10-11H2,1-3H3. The Morgan fingerprint density at radius 2 is 2.10 bits per heavy atom. The largest absolute Gasteiger partial charge is 0.469 e. The minimum Gasteiger partial charge on any atom is -0.469 e. The van der Waals surface area contributed by atoms with Crippen molar-refractivity contribution in [3.63, 3.8) is 0 Å². The van der Waals surface area contributed by atoms with Crippen LogP contribution in [0.5, 0.6) is 0 Å². The number of furan rings is 1. The minimum absolute atomic E-state index is 0.203. The van der Waals surface area contributed by atoms with Crippen molar-refractivity contribution < 1.29 is 8.81 Å². The average Bonchev–Trinajstić information content (AvgIpc) is 2.81. The third-order valence-corrected chi connectivity index (χ3v) is 3.34. The molecule has 0 radical (unpaired) electrons. The van der Waals surface area contributed by atoms with Gasteiger partial charge in [0, 0.05) is 31.4 Å².